The van der Waals surface area contributed by atoms with Crippen LogP contribution < -0.4 is 9.47 Å². The Balaban J connectivity index is 1.62. The Bertz CT molecular complexity index is 733. The monoisotopic (exact) mass is 476 g/mol. The molecule has 0 spiro atoms. The molecule has 0 aliphatic carbocycles. The van der Waals surface area contributed by atoms with Crippen molar-refractivity contribution in [1.29, 1.82) is 0 Å². The van der Waals surface area contributed by atoms with E-state index in [1.807, 2.05) is 30.3 Å². The third-order valence-electron chi connectivity index (χ3n) is 4.76. The van der Waals surface area contributed by atoms with Gasteiger partial charge in [0.15, 0.2) is 0 Å². The molecule has 0 saturated heterocycles. The predicted octanol–water partition coefficient (Wildman–Crippen LogP) is 7.20. The highest BCUT2D eigenvalue weighted by Gasteiger charge is 2.12. The molecule has 0 aliphatic rings. The van der Waals surface area contributed by atoms with Gasteiger partial charge >= 0.3 is 5.97 Å². The lowest BCUT2D eigenvalue weighted by Gasteiger charge is -2.10. The van der Waals surface area contributed by atoms with Gasteiger partial charge in [0.25, 0.3) is 0 Å². The second-order valence-electron chi connectivity index (χ2n) is 7.26. The molecule has 2 aromatic rings. The molecule has 0 aliphatic heterocycles. The molecule has 4 nitrogen and oxygen atoms in total. The van der Waals surface area contributed by atoms with E-state index in [0.717, 1.165) is 18.6 Å². The smallest absolute Gasteiger partial charge is 0.339 e. The standard InChI is InChI=1S/C25H33BrO4/c1-2-3-4-5-6-7-8-12-17-30-25(27)23-16-15-22(20-24(23)26)29-19-18-28-21-13-10-9-11-14-21/h9-11,13-16,20H,2-8,12,17-19H2,1H3. The molecular formula is C25H33BrO4. The van der Waals surface area contributed by atoms with Gasteiger partial charge in [-0.2, -0.15) is 0 Å². The molecule has 30 heavy (non-hydrogen) atoms. The number of hydrogen-bond donors (Lipinski definition) is 0. The Hall–Kier alpha value is -2.01. The Morgan fingerprint density at radius 1 is 0.767 bits per heavy atom. The Labute approximate surface area is 189 Å². The van der Waals surface area contributed by atoms with Gasteiger partial charge in [0, 0.05) is 4.47 Å². The number of ether oxygens (including phenoxy) is 3. The molecule has 0 amide bonds. The summed E-state index contributed by atoms with van der Waals surface area (Å²) in [6, 6.07) is 14.9. The molecule has 0 saturated carbocycles. The number of rotatable bonds is 15. The van der Waals surface area contributed by atoms with E-state index in [-0.39, 0.29) is 5.97 Å². The summed E-state index contributed by atoms with van der Waals surface area (Å²) in [5.74, 6) is 1.19. The number of para-hydroxylation sites is 1. The van der Waals surface area contributed by atoms with E-state index >= 15 is 0 Å². The molecule has 0 atom stereocenters. The van der Waals surface area contributed by atoms with Crippen LogP contribution in [0.5, 0.6) is 11.5 Å². The lowest BCUT2D eigenvalue weighted by Crippen LogP contribution is -2.10. The van der Waals surface area contributed by atoms with E-state index < -0.39 is 0 Å². The van der Waals surface area contributed by atoms with Crippen molar-refractivity contribution in [3.63, 3.8) is 0 Å². The fourth-order valence-electron chi connectivity index (χ4n) is 3.07. The first kappa shape index (κ1) is 24.3. The van der Waals surface area contributed by atoms with Crippen molar-refractivity contribution in [3.05, 3.63) is 58.6 Å². The van der Waals surface area contributed by atoms with Crippen LogP contribution in [0.4, 0.5) is 0 Å². The van der Waals surface area contributed by atoms with Gasteiger partial charge in [-0.1, -0.05) is 70.1 Å². The maximum atomic E-state index is 12.3. The molecule has 0 bridgehead atoms. The molecule has 0 N–H and O–H groups in total. The number of benzene rings is 2. The lowest BCUT2D eigenvalue weighted by atomic mass is 10.1. The molecule has 0 heterocycles. The van der Waals surface area contributed by atoms with Gasteiger partial charge in [-0.25, -0.2) is 4.79 Å². The van der Waals surface area contributed by atoms with Crippen LogP contribution in [0.2, 0.25) is 0 Å². The van der Waals surface area contributed by atoms with Crippen molar-refractivity contribution in [3.8, 4) is 11.5 Å². The Kier molecular flexibility index (Phi) is 12.0. The van der Waals surface area contributed by atoms with E-state index in [9.17, 15) is 4.79 Å². The molecule has 0 fully saturated rings. The average Bonchev–Trinajstić information content (AvgIpc) is 2.76. The van der Waals surface area contributed by atoms with Crippen LogP contribution in [0.1, 0.15) is 68.6 Å². The minimum absolute atomic E-state index is 0.302. The van der Waals surface area contributed by atoms with Gasteiger partial charge in [-0.05, 0) is 52.7 Å². The number of halogens is 1. The lowest BCUT2D eigenvalue weighted by molar-refractivity contribution is 0.0496. The molecule has 2 aromatic carbocycles. The summed E-state index contributed by atoms with van der Waals surface area (Å²) in [7, 11) is 0. The molecular weight excluding hydrogens is 444 g/mol. The first-order valence-electron chi connectivity index (χ1n) is 11.0. The highest BCUT2D eigenvalue weighted by Crippen LogP contribution is 2.24. The maximum Gasteiger partial charge on any atom is 0.339 e. The predicted molar refractivity (Wildman–Crippen MR) is 124 cm³/mol. The van der Waals surface area contributed by atoms with Crippen LogP contribution in [-0.2, 0) is 4.74 Å². The van der Waals surface area contributed by atoms with Crippen molar-refractivity contribution in [1.82, 2.24) is 0 Å². The van der Waals surface area contributed by atoms with Gasteiger partial charge < -0.3 is 14.2 Å². The second kappa shape index (κ2) is 14.9. The molecule has 2 rings (SSSR count). The highest BCUT2D eigenvalue weighted by molar-refractivity contribution is 9.10. The fraction of sp³-hybridized carbons (Fsp3) is 0.480. The van der Waals surface area contributed by atoms with Gasteiger partial charge in [0.2, 0.25) is 0 Å². The zero-order chi connectivity index (χ0) is 21.4. The Morgan fingerprint density at radius 2 is 1.40 bits per heavy atom. The van der Waals surface area contributed by atoms with E-state index in [0.29, 0.717) is 35.6 Å². The van der Waals surface area contributed by atoms with Crippen LogP contribution in [0, 0.1) is 0 Å². The number of carbonyl (C=O) groups is 1. The average molecular weight is 477 g/mol. The minimum atomic E-state index is -0.302. The zero-order valence-electron chi connectivity index (χ0n) is 17.9. The van der Waals surface area contributed by atoms with Gasteiger partial charge in [0.05, 0.1) is 12.2 Å². The summed E-state index contributed by atoms with van der Waals surface area (Å²) in [6.45, 7) is 3.57. The molecule has 0 unspecified atom stereocenters. The summed E-state index contributed by atoms with van der Waals surface area (Å²) in [6.07, 6.45) is 9.77. The fourth-order valence-corrected chi connectivity index (χ4v) is 3.59. The summed E-state index contributed by atoms with van der Waals surface area (Å²) < 4.78 is 17.4. The first-order chi connectivity index (χ1) is 14.7. The van der Waals surface area contributed by atoms with E-state index in [1.165, 1.54) is 38.5 Å². The summed E-state index contributed by atoms with van der Waals surface area (Å²) >= 11 is 3.45. The van der Waals surface area contributed by atoms with Crippen molar-refractivity contribution >= 4 is 21.9 Å². The zero-order valence-corrected chi connectivity index (χ0v) is 19.5. The number of esters is 1. The normalized spacial score (nSPS) is 10.6. The topological polar surface area (TPSA) is 44.8 Å². The van der Waals surface area contributed by atoms with Gasteiger partial charge in [-0.15, -0.1) is 0 Å². The van der Waals surface area contributed by atoms with Crippen LogP contribution in [0.15, 0.2) is 53.0 Å². The molecule has 5 heteroatoms. The van der Waals surface area contributed by atoms with Crippen molar-refractivity contribution in [2.45, 2.75) is 58.3 Å². The summed E-state index contributed by atoms with van der Waals surface area (Å²) in [5, 5.41) is 0. The molecule has 0 aromatic heterocycles. The van der Waals surface area contributed by atoms with E-state index in [4.69, 9.17) is 14.2 Å². The third kappa shape index (κ3) is 9.66. The number of hydrogen-bond acceptors (Lipinski definition) is 4. The second-order valence-corrected chi connectivity index (χ2v) is 8.12. The maximum absolute atomic E-state index is 12.3. The molecule has 0 radical (unpaired) electrons. The number of unbranched alkanes of at least 4 members (excludes halogenated alkanes) is 7. The van der Waals surface area contributed by atoms with Gasteiger partial charge in [-0.3, -0.25) is 0 Å². The van der Waals surface area contributed by atoms with Crippen molar-refractivity contribution < 1.29 is 19.0 Å². The van der Waals surface area contributed by atoms with Crippen molar-refractivity contribution in [2.75, 3.05) is 19.8 Å². The van der Waals surface area contributed by atoms with Crippen LogP contribution in [0.3, 0.4) is 0 Å². The summed E-state index contributed by atoms with van der Waals surface area (Å²) in [5.41, 5.74) is 0.516. The van der Waals surface area contributed by atoms with E-state index in [2.05, 4.69) is 22.9 Å². The molecule has 164 valence electrons. The van der Waals surface area contributed by atoms with Crippen molar-refractivity contribution in [2.24, 2.45) is 0 Å². The van der Waals surface area contributed by atoms with Crippen LogP contribution in [0.25, 0.3) is 0 Å². The first-order valence-corrected chi connectivity index (χ1v) is 11.8. The number of carbonyl (C=O) groups excluding carboxylic acids is 1. The van der Waals surface area contributed by atoms with Crippen LogP contribution in [-0.4, -0.2) is 25.8 Å². The minimum Gasteiger partial charge on any atom is -0.490 e. The SMILES string of the molecule is CCCCCCCCCCOC(=O)c1ccc(OCCOc2ccccc2)cc1Br. The van der Waals surface area contributed by atoms with Crippen LogP contribution >= 0.6 is 15.9 Å². The largest absolute Gasteiger partial charge is 0.490 e. The van der Waals surface area contributed by atoms with E-state index in [1.54, 1.807) is 18.2 Å². The Morgan fingerprint density at radius 3 is 2.07 bits per heavy atom. The highest BCUT2D eigenvalue weighted by atomic mass is 79.9. The summed E-state index contributed by atoms with van der Waals surface area (Å²) in [4.78, 5) is 12.3. The quantitative estimate of drug-likeness (QED) is 0.201. The van der Waals surface area contributed by atoms with Gasteiger partial charge in [0.1, 0.15) is 24.7 Å². The third-order valence-corrected chi connectivity index (χ3v) is 5.41.